The van der Waals surface area contributed by atoms with Crippen LogP contribution in [0.25, 0.3) is 10.9 Å². The zero-order chi connectivity index (χ0) is 15.4. The van der Waals surface area contributed by atoms with Crippen molar-refractivity contribution in [2.45, 2.75) is 0 Å². The highest BCUT2D eigenvalue weighted by atomic mass is 16.5. The fraction of sp³-hybridized carbons (Fsp3) is 0.375. The number of carbonyl (C=O) groups excluding carboxylic acids is 1. The molecule has 0 aliphatic rings. The Labute approximate surface area is 125 Å². The lowest BCUT2D eigenvalue weighted by atomic mass is 10.1. The monoisotopic (exact) mass is 287 g/mol. The molecule has 1 aromatic heterocycles. The average Bonchev–Trinajstić information content (AvgIpc) is 2.50. The second-order valence-electron chi connectivity index (χ2n) is 5.29. The van der Waals surface area contributed by atoms with Crippen molar-refractivity contribution in [1.82, 2.24) is 9.88 Å². The van der Waals surface area contributed by atoms with E-state index in [0.29, 0.717) is 5.56 Å². The van der Waals surface area contributed by atoms with Gasteiger partial charge in [-0.05, 0) is 44.4 Å². The number of ether oxygens (including phenoxy) is 1. The fourth-order valence-corrected chi connectivity index (χ4v) is 2.04. The number of hydrogen-bond donors (Lipinski definition) is 0. The van der Waals surface area contributed by atoms with E-state index in [4.69, 9.17) is 4.74 Å². The standard InChI is InChI=1S/C16H21N3O2/c1-18(2)9-10-19(3)15-8-6-12-11-13(16(20)21-4)5-7-14(12)17-15/h5-8,11H,9-10H2,1-4H3. The van der Waals surface area contributed by atoms with Gasteiger partial charge in [0.1, 0.15) is 5.82 Å². The van der Waals surface area contributed by atoms with Gasteiger partial charge in [-0.2, -0.15) is 0 Å². The van der Waals surface area contributed by atoms with Crippen molar-refractivity contribution in [3.05, 3.63) is 35.9 Å². The minimum Gasteiger partial charge on any atom is -0.465 e. The maximum atomic E-state index is 11.5. The lowest BCUT2D eigenvalue weighted by Gasteiger charge is -2.20. The van der Waals surface area contributed by atoms with Crippen LogP contribution in [0.1, 0.15) is 10.4 Å². The molecule has 0 amide bonds. The van der Waals surface area contributed by atoms with E-state index in [2.05, 4.69) is 28.9 Å². The number of methoxy groups -OCH3 is 1. The number of esters is 1. The van der Waals surface area contributed by atoms with Crippen molar-refractivity contribution >= 4 is 22.7 Å². The first-order valence-corrected chi connectivity index (χ1v) is 6.86. The van der Waals surface area contributed by atoms with Gasteiger partial charge in [0, 0.05) is 25.5 Å². The number of carbonyl (C=O) groups is 1. The number of pyridine rings is 1. The molecule has 0 aliphatic heterocycles. The Bertz CT molecular complexity index is 640. The highest BCUT2D eigenvalue weighted by Gasteiger charge is 2.08. The number of likely N-dealkylation sites (N-methyl/N-ethyl adjacent to an activating group) is 2. The van der Waals surface area contributed by atoms with Gasteiger partial charge in [-0.15, -0.1) is 0 Å². The van der Waals surface area contributed by atoms with Gasteiger partial charge in [-0.25, -0.2) is 9.78 Å². The van der Waals surface area contributed by atoms with Crippen LogP contribution in [0.5, 0.6) is 0 Å². The summed E-state index contributed by atoms with van der Waals surface area (Å²) in [6.07, 6.45) is 0. The van der Waals surface area contributed by atoms with Gasteiger partial charge in [0.15, 0.2) is 0 Å². The molecule has 0 unspecified atom stereocenters. The Morgan fingerprint density at radius 2 is 1.90 bits per heavy atom. The predicted octanol–water partition coefficient (Wildman–Crippen LogP) is 2.02. The number of hydrogen-bond acceptors (Lipinski definition) is 5. The Hall–Kier alpha value is -2.14. The van der Waals surface area contributed by atoms with Crippen LogP contribution < -0.4 is 4.90 Å². The second kappa shape index (κ2) is 6.54. The molecule has 0 spiro atoms. The van der Waals surface area contributed by atoms with Crippen LogP contribution in [-0.2, 0) is 4.74 Å². The molecule has 1 heterocycles. The second-order valence-corrected chi connectivity index (χ2v) is 5.29. The van der Waals surface area contributed by atoms with E-state index in [1.807, 2.05) is 25.2 Å². The molecule has 5 nitrogen and oxygen atoms in total. The minimum absolute atomic E-state index is 0.330. The molecule has 21 heavy (non-hydrogen) atoms. The Kier molecular flexibility index (Phi) is 4.75. The van der Waals surface area contributed by atoms with Gasteiger partial charge in [0.05, 0.1) is 18.2 Å². The molecule has 0 bridgehead atoms. The Balaban J connectivity index is 2.24. The fourth-order valence-electron chi connectivity index (χ4n) is 2.04. The molecule has 5 heteroatoms. The van der Waals surface area contributed by atoms with Gasteiger partial charge in [-0.1, -0.05) is 0 Å². The van der Waals surface area contributed by atoms with Crippen molar-refractivity contribution < 1.29 is 9.53 Å². The number of benzene rings is 1. The number of nitrogens with zero attached hydrogens (tertiary/aromatic N) is 3. The highest BCUT2D eigenvalue weighted by Crippen LogP contribution is 2.19. The third-order valence-corrected chi connectivity index (χ3v) is 3.37. The van der Waals surface area contributed by atoms with Gasteiger partial charge in [0.2, 0.25) is 0 Å². The van der Waals surface area contributed by atoms with Gasteiger partial charge >= 0.3 is 5.97 Å². The predicted molar refractivity (Wildman–Crippen MR) is 84.9 cm³/mol. The summed E-state index contributed by atoms with van der Waals surface area (Å²) in [5, 5.41) is 0.933. The summed E-state index contributed by atoms with van der Waals surface area (Å²) in [6.45, 7) is 1.88. The molecule has 0 atom stereocenters. The van der Waals surface area contributed by atoms with Crippen LogP contribution in [0.15, 0.2) is 30.3 Å². The quantitative estimate of drug-likeness (QED) is 0.787. The van der Waals surface area contributed by atoms with Crippen LogP contribution in [0, 0.1) is 0 Å². The van der Waals surface area contributed by atoms with Crippen molar-refractivity contribution in [2.24, 2.45) is 0 Å². The molecule has 112 valence electrons. The largest absolute Gasteiger partial charge is 0.465 e. The summed E-state index contributed by atoms with van der Waals surface area (Å²) in [6, 6.07) is 9.35. The van der Waals surface area contributed by atoms with Crippen molar-refractivity contribution in [1.29, 1.82) is 0 Å². The minimum atomic E-state index is -0.330. The first-order valence-electron chi connectivity index (χ1n) is 6.86. The van der Waals surface area contributed by atoms with Gasteiger partial charge < -0.3 is 14.5 Å². The van der Waals surface area contributed by atoms with E-state index in [0.717, 1.165) is 29.8 Å². The third-order valence-electron chi connectivity index (χ3n) is 3.37. The average molecular weight is 287 g/mol. The maximum absolute atomic E-state index is 11.5. The number of aromatic nitrogens is 1. The van der Waals surface area contributed by atoms with Crippen molar-refractivity contribution in [3.63, 3.8) is 0 Å². The zero-order valence-electron chi connectivity index (χ0n) is 13.0. The van der Waals surface area contributed by atoms with Crippen LogP contribution in [0.3, 0.4) is 0 Å². The third kappa shape index (κ3) is 3.70. The Morgan fingerprint density at radius 3 is 2.57 bits per heavy atom. The van der Waals surface area contributed by atoms with E-state index < -0.39 is 0 Å². The molecule has 0 saturated carbocycles. The van der Waals surface area contributed by atoms with Crippen molar-refractivity contribution in [2.75, 3.05) is 46.2 Å². The van der Waals surface area contributed by atoms with E-state index in [-0.39, 0.29) is 5.97 Å². The number of fused-ring (bicyclic) bond motifs is 1. The highest BCUT2D eigenvalue weighted by molar-refractivity contribution is 5.94. The summed E-state index contributed by atoms with van der Waals surface area (Å²) in [5.74, 6) is 0.597. The van der Waals surface area contributed by atoms with Gasteiger partial charge in [0.25, 0.3) is 0 Å². The van der Waals surface area contributed by atoms with Crippen molar-refractivity contribution in [3.8, 4) is 0 Å². The zero-order valence-corrected chi connectivity index (χ0v) is 13.0. The van der Waals surface area contributed by atoms with Crippen LogP contribution >= 0.6 is 0 Å². The first-order chi connectivity index (χ1) is 10.0. The normalized spacial score (nSPS) is 10.9. The molecular formula is C16H21N3O2. The van der Waals surface area contributed by atoms with Crippen LogP contribution in [0.4, 0.5) is 5.82 Å². The Morgan fingerprint density at radius 1 is 1.14 bits per heavy atom. The molecule has 0 fully saturated rings. The molecular weight excluding hydrogens is 266 g/mol. The lowest BCUT2D eigenvalue weighted by molar-refractivity contribution is 0.0601. The topological polar surface area (TPSA) is 45.7 Å². The van der Waals surface area contributed by atoms with E-state index in [1.165, 1.54) is 7.11 Å². The lowest BCUT2D eigenvalue weighted by Crippen LogP contribution is -2.28. The van der Waals surface area contributed by atoms with Crippen LogP contribution in [0.2, 0.25) is 0 Å². The number of rotatable bonds is 5. The van der Waals surface area contributed by atoms with Crippen LogP contribution in [-0.4, -0.2) is 57.2 Å². The number of anilines is 1. The molecule has 0 N–H and O–H groups in total. The first kappa shape index (κ1) is 15.3. The molecule has 0 saturated heterocycles. The molecule has 2 aromatic rings. The summed E-state index contributed by atoms with van der Waals surface area (Å²) in [5.41, 5.74) is 1.41. The summed E-state index contributed by atoms with van der Waals surface area (Å²) < 4.78 is 4.73. The summed E-state index contributed by atoms with van der Waals surface area (Å²) in [7, 11) is 7.51. The molecule has 0 radical (unpaired) electrons. The smallest absolute Gasteiger partial charge is 0.337 e. The molecule has 0 aliphatic carbocycles. The van der Waals surface area contributed by atoms with E-state index in [1.54, 1.807) is 12.1 Å². The maximum Gasteiger partial charge on any atom is 0.337 e. The molecule has 1 aromatic carbocycles. The summed E-state index contributed by atoms with van der Waals surface area (Å²) >= 11 is 0. The SMILES string of the molecule is COC(=O)c1ccc2nc(N(C)CCN(C)C)ccc2c1. The van der Waals surface area contributed by atoms with E-state index in [9.17, 15) is 4.79 Å². The van der Waals surface area contributed by atoms with Gasteiger partial charge in [-0.3, -0.25) is 0 Å². The molecule has 2 rings (SSSR count). The van der Waals surface area contributed by atoms with E-state index >= 15 is 0 Å². The summed E-state index contributed by atoms with van der Waals surface area (Å²) in [4.78, 5) is 20.4.